The number of hydrogen-bond donors (Lipinski definition) is 3. The number of carbonyl (C=O) groups is 2. The normalized spacial score (nSPS) is 15.4. The van der Waals surface area contributed by atoms with Gasteiger partial charge >= 0.3 is 6.03 Å². The van der Waals surface area contributed by atoms with E-state index >= 15 is 0 Å². The molecule has 0 aliphatic carbocycles. The Bertz CT molecular complexity index is 1480. The van der Waals surface area contributed by atoms with Gasteiger partial charge in [-0.2, -0.15) is 0 Å². The van der Waals surface area contributed by atoms with Gasteiger partial charge in [0.25, 0.3) is 5.91 Å². The molecule has 3 heterocycles. The van der Waals surface area contributed by atoms with Gasteiger partial charge in [0.05, 0.1) is 16.8 Å². The molecule has 0 bridgehead atoms. The lowest BCUT2D eigenvalue weighted by atomic mass is 10.0. The van der Waals surface area contributed by atoms with Crippen LogP contribution in [0, 0.1) is 0 Å². The second-order valence-corrected chi connectivity index (χ2v) is 12.2. The summed E-state index contributed by atoms with van der Waals surface area (Å²) in [6.45, 7) is 7.16. The number of rotatable bonds is 10. The summed E-state index contributed by atoms with van der Waals surface area (Å²) in [4.78, 5) is 37.7. The monoisotopic (exact) mass is 588 g/mol. The van der Waals surface area contributed by atoms with E-state index in [1.165, 1.54) is 41.9 Å². The van der Waals surface area contributed by atoms with Crippen molar-refractivity contribution in [2.24, 2.45) is 0 Å². The largest absolute Gasteiger partial charge is 0.338 e. The van der Waals surface area contributed by atoms with E-state index in [9.17, 15) is 9.59 Å². The van der Waals surface area contributed by atoms with Crippen LogP contribution in [-0.2, 0) is 6.42 Å². The Kier molecular flexibility index (Phi) is 9.76. The number of nitrogens with one attached hydrogen (secondary N) is 3. The Labute approximate surface area is 249 Å². The average molecular weight is 589 g/mol. The van der Waals surface area contributed by atoms with Crippen molar-refractivity contribution in [3.8, 4) is 21.1 Å². The van der Waals surface area contributed by atoms with Gasteiger partial charge < -0.3 is 15.5 Å². The molecule has 1 saturated heterocycles. The number of likely N-dealkylation sites (tertiary alicyclic amines) is 1. The van der Waals surface area contributed by atoms with Crippen molar-refractivity contribution in [1.29, 1.82) is 0 Å². The Morgan fingerprint density at radius 1 is 1.10 bits per heavy atom. The third-order valence-electron chi connectivity index (χ3n) is 7.30. The molecule has 2 aromatic heterocycles. The van der Waals surface area contributed by atoms with Crippen LogP contribution in [-0.4, -0.2) is 52.5 Å². The molecule has 41 heavy (non-hydrogen) atoms. The van der Waals surface area contributed by atoms with Crippen molar-refractivity contribution >= 4 is 45.4 Å². The molecule has 4 aromatic rings. The number of hydrogen-bond acceptors (Lipinski definition) is 7. The summed E-state index contributed by atoms with van der Waals surface area (Å²) in [7, 11) is 0. The molecule has 3 N–H and O–H groups in total. The highest BCUT2D eigenvalue weighted by Crippen LogP contribution is 2.34. The Morgan fingerprint density at radius 2 is 1.98 bits per heavy atom. The maximum Gasteiger partial charge on any atom is 0.321 e. The fourth-order valence-corrected chi connectivity index (χ4v) is 6.65. The highest BCUT2D eigenvalue weighted by molar-refractivity contribution is 7.23. The highest BCUT2D eigenvalue weighted by Gasteiger charge is 2.17. The molecule has 10 heteroatoms. The number of benzene rings is 2. The molecule has 5 rings (SSSR count). The summed E-state index contributed by atoms with van der Waals surface area (Å²) >= 11 is 2.92. The van der Waals surface area contributed by atoms with Gasteiger partial charge in [0.2, 0.25) is 0 Å². The van der Waals surface area contributed by atoms with Crippen molar-refractivity contribution in [3.63, 3.8) is 0 Å². The number of piperidine rings is 1. The summed E-state index contributed by atoms with van der Waals surface area (Å²) in [5.41, 5.74) is 4.21. The summed E-state index contributed by atoms with van der Waals surface area (Å²) in [5, 5.41) is 12.1. The smallest absolute Gasteiger partial charge is 0.321 e. The number of urea groups is 1. The molecule has 1 unspecified atom stereocenters. The fraction of sp³-hybridized carbons (Fsp3) is 0.355. The second kappa shape index (κ2) is 13.8. The lowest BCUT2D eigenvalue weighted by Crippen LogP contribution is -2.39. The number of thiazole rings is 2. The lowest BCUT2D eigenvalue weighted by molar-refractivity contribution is 0.102. The number of aromatic nitrogens is 2. The number of nitrogens with zero attached hydrogens (tertiary/aromatic N) is 3. The van der Waals surface area contributed by atoms with Crippen LogP contribution in [0.4, 0.5) is 15.6 Å². The molecule has 1 aliphatic rings. The maximum absolute atomic E-state index is 12.8. The molecule has 214 valence electrons. The molecule has 0 radical (unpaired) electrons. The van der Waals surface area contributed by atoms with Crippen LogP contribution in [0.1, 0.15) is 55.5 Å². The van der Waals surface area contributed by atoms with Gasteiger partial charge in [-0.3, -0.25) is 10.1 Å². The van der Waals surface area contributed by atoms with Gasteiger partial charge in [0.1, 0.15) is 5.01 Å². The lowest BCUT2D eigenvalue weighted by Gasteiger charge is -2.33. The Morgan fingerprint density at radius 3 is 2.83 bits per heavy atom. The fourth-order valence-electron chi connectivity index (χ4n) is 4.96. The average Bonchev–Trinajstić information content (AvgIpc) is 3.67. The zero-order valence-electron chi connectivity index (χ0n) is 23.5. The standard InChI is InChI=1S/C31H36N6O2S2/c1-3-22-10-6-12-24(17-22)28(38)34-25-13-7-11-23(18-25)26-20-40-29(35-26)27-19-33-31(41-27)36-30(39)32-14-8-16-37-15-5-4-9-21(37)2/h6-7,10-13,17-21H,3-5,8-9,14-16H2,1-2H3,(H,34,38)(H2,32,33,36,39). The minimum Gasteiger partial charge on any atom is -0.338 e. The van der Waals surface area contributed by atoms with Crippen LogP contribution in [0.15, 0.2) is 60.1 Å². The maximum atomic E-state index is 12.8. The molecule has 1 fully saturated rings. The molecular formula is C31H36N6O2S2. The van der Waals surface area contributed by atoms with Crippen molar-refractivity contribution in [1.82, 2.24) is 20.2 Å². The highest BCUT2D eigenvalue weighted by atomic mass is 32.1. The van der Waals surface area contributed by atoms with Gasteiger partial charge in [-0.25, -0.2) is 14.8 Å². The van der Waals surface area contributed by atoms with Crippen molar-refractivity contribution in [2.75, 3.05) is 30.3 Å². The van der Waals surface area contributed by atoms with Crippen LogP contribution in [0.5, 0.6) is 0 Å². The predicted molar refractivity (Wildman–Crippen MR) is 169 cm³/mol. The van der Waals surface area contributed by atoms with Gasteiger partial charge in [0.15, 0.2) is 5.13 Å². The van der Waals surface area contributed by atoms with E-state index in [0.717, 1.165) is 52.6 Å². The van der Waals surface area contributed by atoms with E-state index in [4.69, 9.17) is 4.98 Å². The molecule has 2 aromatic carbocycles. The van der Waals surface area contributed by atoms with E-state index in [2.05, 4.69) is 39.7 Å². The number of amides is 3. The van der Waals surface area contributed by atoms with E-state index < -0.39 is 0 Å². The Balaban J connectivity index is 1.14. The van der Waals surface area contributed by atoms with Gasteiger partial charge in [-0.15, -0.1) is 11.3 Å². The molecule has 1 atom stereocenters. The zero-order chi connectivity index (χ0) is 28.6. The van der Waals surface area contributed by atoms with Crippen molar-refractivity contribution in [3.05, 3.63) is 71.2 Å². The summed E-state index contributed by atoms with van der Waals surface area (Å²) < 4.78 is 0. The van der Waals surface area contributed by atoms with Crippen LogP contribution in [0.3, 0.4) is 0 Å². The van der Waals surface area contributed by atoms with Crippen molar-refractivity contribution in [2.45, 2.75) is 52.0 Å². The van der Waals surface area contributed by atoms with Crippen LogP contribution in [0.25, 0.3) is 21.1 Å². The zero-order valence-corrected chi connectivity index (χ0v) is 25.1. The summed E-state index contributed by atoms with van der Waals surface area (Å²) in [5.74, 6) is -0.137. The first-order chi connectivity index (χ1) is 20.0. The van der Waals surface area contributed by atoms with Crippen molar-refractivity contribution < 1.29 is 9.59 Å². The third kappa shape index (κ3) is 7.78. The molecule has 1 aliphatic heterocycles. The Hall–Kier alpha value is -3.60. The topological polar surface area (TPSA) is 99.2 Å². The number of anilines is 2. The quantitative estimate of drug-likeness (QED) is 0.171. The number of carbonyl (C=O) groups excluding carboxylic acids is 2. The van der Waals surface area contributed by atoms with Crippen LogP contribution < -0.4 is 16.0 Å². The van der Waals surface area contributed by atoms with Crippen LogP contribution >= 0.6 is 22.7 Å². The van der Waals surface area contributed by atoms with Crippen LogP contribution in [0.2, 0.25) is 0 Å². The third-order valence-corrected chi connectivity index (χ3v) is 9.23. The van der Waals surface area contributed by atoms with E-state index in [1.54, 1.807) is 6.20 Å². The summed E-state index contributed by atoms with van der Waals surface area (Å²) in [6.07, 6.45) is 7.40. The van der Waals surface area contributed by atoms with E-state index in [0.29, 0.717) is 29.0 Å². The number of aryl methyl sites for hydroxylation is 1. The molecule has 0 saturated carbocycles. The first-order valence-corrected chi connectivity index (χ1v) is 15.9. The van der Waals surface area contributed by atoms with Gasteiger partial charge in [-0.1, -0.05) is 48.9 Å². The van der Waals surface area contributed by atoms with Gasteiger partial charge in [-0.05, 0) is 69.0 Å². The van der Waals surface area contributed by atoms with E-state index in [-0.39, 0.29) is 11.9 Å². The predicted octanol–water partition coefficient (Wildman–Crippen LogP) is 7.13. The summed E-state index contributed by atoms with van der Waals surface area (Å²) in [6, 6.07) is 15.8. The minimum absolute atomic E-state index is 0.137. The van der Waals surface area contributed by atoms with E-state index in [1.807, 2.05) is 53.9 Å². The molecule has 0 spiro atoms. The minimum atomic E-state index is -0.238. The van der Waals surface area contributed by atoms with Gasteiger partial charge in [0, 0.05) is 41.3 Å². The molecular weight excluding hydrogens is 553 g/mol. The first kappa shape index (κ1) is 28.9. The molecule has 3 amide bonds. The first-order valence-electron chi connectivity index (χ1n) is 14.2. The second-order valence-electron chi connectivity index (χ2n) is 10.3. The SMILES string of the molecule is CCc1cccc(C(=O)Nc2cccc(-c3csc(-c4cnc(NC(=O)NCCCN5CCCCC5C)s4)n3)c2)c1. The molecule has 8 nitrogen and oxygen atoms in total.